The van der Waals surface area contributed by atoms with Crippen molar-refractivity contribution < 1.29 is 10.4 Å². The fourth-order valence-electron chi connectivity index (χ4n) is 4.30. The van der Waals surface area contributed by atoms with Crippen LogP contribution in [0.3, 0.4) is 0 Å². The second-order valence-electron chi connectivity index (χ2n) is 8.42. The molecule has 1 aliphatic heterocycles. The third-order valence-corrected chi connectivity index (χ3v) is 6.21. The van der Waals surface area contributed by atoms with Gasteiger partial charge in [0.05, 0.1) is 6.10 Å². The molecule has 0 saturated carbocycles. The van der Waals surface area contributed by atoms with Crippen molar-refractivity contribution in [2.24, 2.45) is 11.8 Å². The highest BCUT2D eigenvalue weighted by Crippen LogP contribution is 2.36. The molecule has 4 heteroatoms. The van der Waals surface area contributed by atoms with E-state index in [4.69, 9.17) is 0 Å². The minimum absolute atomic E-state index is 0.211. The minimum Gasteiger partial charge on any atom is -0.392 e. The summed E-state index contributed by atoms with van der Waals surface area (Å²) in [5.74, 6) is 0.421. The van der Waals surface area contributed by atoms with Gasteiger partial charge in [-0.25, -0.2) is 0 Å². The average molecular weight is 369 g/mol. The van der Waals surface area contributed by atoms with Gasteiger partial charge in [-0.1, -0.05) is 38.1 Å². The smallest absolute Gasteiger partial charge is 0.117 e. The predicted octanol–water partition coefficient (Wildman–Crippen LogP) is 2.81. The van der Waals surface area contributed by atoms with Gasteiger partial charge in [-0.15, -0.1) is 0 Å². The summed E-state index contributed by atoms with van der Waals surface area (Å²) >= 11 is 0. The first-order chi connectivity index (χ1) is 12.8. The number of aliphatic hydroxyl groups excluding tert-OH is 1. The summed E-state index contributed by atoms with van der Waals surface area (Å²) in [6.45, 7) is 4.35. The quantitative estimate of drug-likeness (QED) is 0.872. The number of nitrogens with two attached hydrogens (primary N) is 1. The molecular formula is C23H34N3O+. The molecule has 0 aromatic heterocycles. The Bertz CT molecular complexity index is 676. The van der Waals surface area contributed by atoms with E-state index in [2.05, 4.69) is 106 Å². The number of quaternary nitrogens is 1. The number of aliphatic hydroxyl groups is 1. The molecule has 1 heterocycles. The van der Waals surface area contributed by atoms with Crippen molar-refractivity contribution in [3.63, 3.8) is 0 Å². The molecule has 1 saturated heterocycles. The average Bonchev–Trinajstić information content (AvgIpc) is 2.66. The number of hydrogen-bond donors (Lipinski definition) is 2. The Balaban J connectivity index is 1.87. The van der Waals surface area contributed by atoms with Crippen LogP contribution in [0, 0.1) is 11.8 Å². The first kappa shape index (κ1) is 19.7. The van der Waals surface area contributed by atoms with Crippen LogP contribution in [0.25, 0.3) is 0 Å². The Morgan fingerprint density at radius 2 is 1.00 bits per heavy atom. The molecule has 3 N–H and O–H groups in total. The van der Waals surface area contributed by atoms with Crippen molar-refractivity contribution in [2.75, 3.05) is 38.0 Å². The van der Waals surface area contributed by atoms with E-state index in [9.17, 15) is 5.11 Å². The Labute approximate surface area is 163 Å². The molecule has 0 unspecified atom stereocenters. The fourth-order valence-corrected chi connectivity index (χ4v) is 4.30. The van der Waals surface area contributed by atoms with E-state index in [1.807, 2.05) is 0 Å². The number of piperidine rings is 1. The van der Waals surface area contributed by atoms with Crippen LogP contribution >= 0.6 is 0 Å². The third-order valence-electron chi connectivity index (χ3n) is 6.21. The van der Waals surface area contributed by atoms with Crippen LogP contribution in [0.15, 0.2) is 48.5 Å². The molecule has 0 spiro atoms. The maximum absolute atomic E-state index is 11.0. The first-order valence-electron chi connectivity index (χ1n) is 9.87. The van der Waals surface area contributed by atoms with E-state index in [0.29, 0.717) is 0 Å². The largest absolute Gasteiger partial charge is 0.392 e. The second kappa shape index (κ2) is 7.91. The maximum atomic E-state index is 11.0. The Hall–Kier alpha value is -2.04. The van der Waals surface area contributed by atoms with E-state index < -0.39 is 0 Å². The van der Waals surface area contributed by atoms with E-state index in [-0.39, 0.29) is 30.0 Å². The molecule has 2 aromatic carbocycles. The lowest BCUT2D eigenvalue weighted by Gasteiger charge is -2.41. The zero-order valence-corrected chi connectivity index (χ0v) is 17.4. The van der Waals surface area contributed by atoms with Crippen molar-refractivity contribution in [2.45, 2.75) is 32.0 Å². The molecule has 1 aliphatic rings. The zero-order valence-electron chi connectivity index (χ0n) is 17.4. The molecule has 1 fully saturated rings. The summed E-state index contributed by atoms with van der Waals surface area (Å²) in [7, 11) is 8.24. The van der Waals surface area contributed by atoms with Gasteiger partial charge in [-0.05, 0) is 24.3 Å². The van der Waals surface area contributed by atoms with E-state index >= 15 is 0 Å². The number of anilines is 2. The minimum atomic E-state index is -0.313. The lowest BCUT2D eigenvalue weighted by atomic mass is 9.75. The third kappa shape index (κ3) is 3.97. The zero-order chi connectivity index (χ0) is 19.7. The van der Waals surface area contributed by atoms with Crippen LogP contribution in [0.2, 0.25) is 0 Å². The SMILES string of the molecule is C[C@@H]1C(O)[C@@H](C)[C@@H](c2ccc(N(C)C)cc2)[NH2+][C@@H]1c1ccc(N(C)C)cc1. The fraction of sp³-hybridized carbons (Fsp3) is 0.478. The van der Waals surface area contributed by atoms with Crippen LogP contribution in [0.4, 0.5) is 11.4 Å². The number of rotatable bonds is 4. The van der Waals surface area contributed by atoms with Gasteiger partial charge in [0.2, 0.25) is 0 Å². The van der Waals surface area contributed by atoms with E-state index in [0.717, 1.165) is 0 Å². The molecule has 0 aliphatic carbocycles. The van der Waals surface area contributed by atoms with E-state index in [1.165, 1.54) is 22.5 Å². The highest BCUT2D eigenvalue weighted by Gasteiger charge is 2.43. The van der Waals surface area contributed by atoms with Gasteiger partial charge >= 0.3 is 0 Å². The standard InChI is InChI=1S/C23H33N3O/c1-15-21(17-7-11-19(12-8-17)25(3)4)24-22(16(2)23(15)27)18-9-13-20(14-10-18)26(5)6/h7-16,21-24,27H,1-6H3/p+1/t15-,16-,21-,22-/m0/s1. The van der Waals surface area contributed by atoms with Crippen LogP contribution in [0.1, 0.15) is 37.1 Å². The molecule has 146 valence electrons. The first-order valence-corrected chi connectivity index (χ1v) is 9.87. The van der Waals surface area contributed by atoms with Crippen LogP contribution in [-0.4, -0.2) is 39.4 Å². The summed E-state index contributed by atoms with van der Waals surface area (Å²) in [4.78, 5) is 4.23. The molecule has 2 aromatic rings. The molecule has 3 rings (SSSR count). The topological polar surface area (TPSA) is 43.3 Å². The summed E-state index contributed by atoms with van der Waals surface area (Å²) in [5, 5.41) is 13.4. The maximum Gasteiger partial charge on any atom is 0.117 e. The summed E-state index contributed by atoms with van der Waals surface area (Å²) in [6.07, 6.45) is -0.313. The predicted molar refractivity (Wildman–Crippen MR) is 113 cm³/mol. The molecule has 27 heavy (non-hydrogen) atoms. The molecule has 0 amide bonds. The van der Waals surface area contributed by atoms with Gasteiger partial charge in [0.25, 0.3) is 0 Å². The van der Waals surface area contributed by atoms with Gasteiger partial charge in [-0.2, -0.15) is 0 Å². The highest BCUT2D eigenvalue weighted by atomic mass is 16.3. The molecular weight excluding hydrogens is 334 g/mol. The van der Waals surface area contributed by atoms with Crippen LogP contribution in [-0.2, 0) is 0 Å². The van der Waals surface area contributed by atoms with E-state index in [1.54, 1.807) is 0 Å². The lowest BCUT2D eigenvalue weighted by molar-refractivity contribution is -0.760. The summed E-state index contributed by atoms with van der Waals surface area (Å²) < 4.78 is 0. The highest BCUT2D eigenvalue weighted by molar-refractivity contribution is 5.47. The Kier molecular flexibility index (Phi) is 5.78. The van der Waals surface area contributed by atoms with Gasteiger partial charge in [0.1, 0.15) is 12.1 Å². The van der Waals surface area contributed by atoms with Crippen molar-refractivity contribution in [3.05, 3.63) is 59.7 Å². The van der Waals surface area contributed by atoms with Crippen LogP contribution < -0.4 is 15.1 Å². The molecule has 0 radical (unpaired) electrons. The van der Waals surface area contributed by atoms with Crippen molar-refractivity contribution in [1.82, 2.24) is 0 Å². The van der Waals surface area contributed by atoms with Gasteiger partial charge in [-0.3, -0.25) is 0 Å². The summed E-state index contributed by atoms with van der Waals surface area (Å²) in [5.41, 5.74) is 4.97. The lowest BCUT2D eigenvalue weighted by Crippen LogP contribution is -2.92. The monoisotopic (exact) mass is 368 g/mol. The number of nitrogens with zero attached hydrogens (tertiary/aromatic N) is 2. The van der Waals surface area contributed by atoms with Gasteiger partial charge < -0.3 is 20.2 Å². The normalized spacial score (nSPS) is 28.0. The van der Waals surface area contributed by atoms with Gasteiger partial charge in [0.15, 0.2) is 0 Å². The Morgan fingerprint density at radius 1 is 0.667 bits per heavy atom. The second-order valence-corrected chi connectivity index (χ2v) is 8.42. The van der Waals surface area contributed by atoms with Crippen LogP contribution in [0.5, 0.6) is 0 Å². The van der Waals surface area contributed by atoms with Crippen molar-refractivity contribution in [1.29, 1.82) is 0 Å². The molecule has 4 atom stereocenters. The van der Waals surface area contributed by atoms with Gasteiger partial charge in [0, 0.05) is 62.5 Å². The number of hydrogen-bond acceptors (Lipinski definition) is 3. The van der Waals surface area contributed by atoms with Crippen molar-refractivity contribution in [3.8, 4) is 0 Å². The molecule has 0 bridgehead atoms. The van der Waals surface area contributed by atoms with Crippen molar-refractivity contribution >= 4 is 11.4 Å². The Morgan fingerprint density at radius 3 is 1.30 bits per heavy atom. The molecule has 4 nitrogen and oxygen atoms in total. The number of benzene rings is 2. The summed E-state index contributed by atoms with van der Waals surface area (Å²) in [6, 6.07) is 18.0.